The number of fused-ring (bicyclic) bond motifs is 1. The number of piperidine rings is 1. The lowest BCUT2D eigenvalue weighted by Crippen LogP contribution is -2.52. The molecule has 2 fully saturated rings. The highest BCUT2D eigenvalue weighted by Crippen LogP contribution is 2.39. The number of ether oxygens (including phenoxy) is 1. The van der Waals surface area contributed by atoms with Gasteiger partial charge in [-0.15, -0.1) is 0 Å². The first-order valence-corrected chi connectivity index (χ1v) is 17.8. The number of pyridine rings is 1. The molecule has 4 N–H and O–H groups in total. The number of amides is 4. The van der Waals surface area contributed by atoms with Crippen molar-refractivity contribution >= 4 is 52.2 Å². The van der Waals surface area contributed by atoms with Gasteiger partial charge in [0.05, 0.1) is 35.3 Å². The Morgan fingerprint density at radius 1 is 0.945 bits per heavy atom. The summed E-state index contributed by atoms with van der Waals surface area (Å²) in [6.45, 7) is 4.03. The number of halogens is 3. The van der Waals surface area contributed by atoms with E-state index in [4.69, 9.17) is 4.74 Å². The van der Waals surface area contributed by atoms with E-state index in [1.165, 1.54) is 32.4 Å². The molecule has 13 nitrogen and oxygen atoms in total. The number of alkyl halides is 3. The Hall–Kier alpha value is -6.16. The molecule has 4 aromatic rings. The number of imide groups is 1. The number of carbonyl (C=O) groups excluding carboxylic acids is 4. The van der Waals surface area contributed by atoms with Gasteiger partial charge in [-0.25, -0.2) is 4.98 Å². The molecule has 3 aliphatic heterocycles. The van der Waals surface area contributed by atoms with Crippen molar-refractivity contribution < 1.29 is 37.1 Å². The Morgan fingerprint density at radius 3 is 2.45 bits per heavy atom. The lowest BCUT2D eigenvalue weighted by molar-refractivity contribution is -0.138. The molecular formula is C39H39F3N8O5. The molecule has 2 saturated heterocycles. The average molecular weight is 757 g/mol. The fourth-order valence-electron chi connectivity index (χ4n) is 7.19. The van der Waals surface area contributed by atoms with Crippen molar-refractivity contribution in [2.45, 2.75) is 38.1 Å². The van der Waals surface area contributed by atoms with Crippen LogP contribution < -0.4 is 30.9 Å². The average Bonchev–Trinajstić information content (AvgIpc) is 3.49. The lowest BCUT2D eigenvalue weighted by Gasteiger charge is -2.36. The van der Waals surface area contributed by atoms with E-state index >= 15 is 0 Å². The number of benzene rings is 3. The molecule has 286 valence electrons. The molecule has 1 aromatic heterocycles. The third-order valence-corrected chi connectivity index (χ3v) is 10.1. The third kappa shape index (κ3) is 7.90. The maximum atomic E-state index is 14.0. The minimum absolute atomic E-state index is 0.132. The first-order valence-electron chi connectivity index (χ1n) is 17.8. The Labute approximate surface area is 314 Å². The highest BCUT2D eigenvalue weighted by Gasteiger charge is 2.39. The van der Waals surface area contributed by atoms with Gasteiger partial charge in [0.2, 0.25) is 11.8 Å². The van der Waals surface area contributed by atoms with E-state index in [2.05, 4.69) is 36.1 Å². The number of para-hydroxylation sites is 1. The van der Waals surface area contributed by atoms with Gasteiger partial charge in [0.25, 0.3) is 11.8 Å². The van der Waals surface area contributed by atoms with Gasteiger partial charge in [0, 0.05) is 82.3 Å². The molecule has 3 aromatic carbocycles. The second-order valence-electron chi connectivity index (χ2n) is 13.5. The molecule has 3 aliphatic rings. The fourth-order valence-corrected chi connectivity index (χ4v) is 7.19. The summed E-state index contributed by atoms with van der Waals surface area (Å²) in [5, 5.41) is 10.7. The van der Waals surface area contributed by atoms with Crippen molar-refractivity contribution in [2.24, 2.45) is 0 Å². The van der Waals surface area contributed by atoms with Crippen molar-refractivity contribution in [1.29, 1.82) is 0 Å². The van der Waals surface area contributed by atoms with Gasteiger partial charge in [0.1, 0.15) is 17.6 Å². The normalized spacial score (nSPS) is 17.5. The Kier molecular flexibility index (Phi) is 10.3. The standard InChI is InChI=1S/C39H39F3N8O5/c1-43-36(52)27-5-3-4-6-29(27)45-31-19-34(44-20-28(31)39(40,41)42)46-30-10-8-25(18-33(30)55-2)49-15-13-48(14-16-49)21-23-7-9-26-24(17-23)22-50(38(26)54)32-11-12-35(51)47-37(32)53/h3-10,17-20,32H,11-16,21-22H2,1-2H3,(H,43,52)(H2,44,45,46)(H,47,51,53). The molecule has 4 amide bonds. The molecular weight excluding hydrogens is 717 g/mol. The second kappa shape index (κ2) is 15.3. The summed E-state index contributed by atoms with van der Waals surface area (Å²) in [5.74, 6) is -0.788. The molecule has 0 saturated carbocycles. The smallest absolute Gasteiger partial charge is 0.419 e. The molecule has 55 heavy (non-hydrogen) atoms. The Balaban J connectivity index is 0.994. The minimum atomic E-state index is -4.71. The SMILES string of the molecule is CNC(=O)c1ccccc1Nc1cc(Nc2ccc(N3CCN(Cc4ccc5c(c4)CN(C4CCC(=O)NC4=O)C5=O)CC3)cc2OC)ncc1C(F)(F)F. The zero-order valence-corrected chi connectivity index (χ0v) is 30.1. The molecule has 0 spiro atoms. The molecule has 0 bridgehead atoms. The number of anilines is 5. The van der Waals surface area contributed by atoms with Crippen LogP contribution in [0.2, 0.25) is 0 Å². The summed E-state index contributed by atoms with van der Waals surface area (Å²) in [6, 6.07) is 18.2. The van der Waals surface area contributed by atoms with Crippen LogP contribution in [0.15, 0.2) is 72.9 Å². The number of rotatable bonds is 10. The van der Waals surface area contributed by atoms with Gasteiger partial charge in [-0.3, -0.25) is 29.4 Å². The Morgan fingerprint density at radius 2 is 1.73 bits per heavy atom. The Bertz CT molecular complexity index is 2150. The summed E-state index contributed by atoms with van der Waals surface area (Å²) in [4.78, 5) is 59.6. The molecule has 4 heterocycles. The van der Waals surface area contributed by atoms with Gasteiger partial charge in [0.15, 0.2) is 0 Å². The van der Waals surface area contributed by atoms with Crippen LogP contribution in [0.4, 0.5) is 41.7 Å². The van der Waals surface area contributed by atoms with Gasteiger partial charge in [-0.1, -0.05) is 24.3 Å². The van der Waals surface area contributed by atoms with Crippen LogP contribution in [0.3, 0.4) is 0 Å². The van der Waals surface area contributed by atoms with Gasteiger partial charge >= 0.3 is 6.18 Å². The van der Waals surface area contributed by atoms with Crippen LogP contribution in [0, 0.1) is 0 Å². The number of piperazine rings is 1. The largest absolute Gasteiger partial charge is 0.494 e. The second-order valence-corrected chi connectivity index (χ2v) is 13.5. The number of aromatic nitrogens is 1. The van der Waals surface area contributed by atoms with E-state index in [1.54, 1.807) is 23.1 Å². The molecule has 7 rings (SSSR count). The zero-order valence-electron chi connectivity index (χ0n) is 30.1. The summed E-state index contributed by atoms with van der Waals surface area (Å²) in [6.07, 6.45) is -3.44. The van der Waals surface area contributed by atoms with Crippen LogP contribution in [0.25, 0.3) is 0 Å². The van der Waals surface area contributed by atoms with E-state index in [1.807, 2.05) is 30.3 Å². The van der Waals surface area contributed by atoms with Crippen LogP contribution >= 0.6 is 0 Å². The monoisotopic (exact) mass is 756 g/mol. The number of hydrogen-bond donors (Lipinski definition) is 4. The predicted octanol–water partition coefficient (Wildman–Crippen LogP) is 5.04. The molecule has 0 radical (unpaired) electrons. The van der Waals surface area contributed by atoms with Crippen LogP contribution in [0.1, 0.15) is 50.2 Å². The number of carbonyl (C=O) groups is 4. The number of nitrogens with one attached hydrogen (secondary N) is 4. The topological polar surface area (TPSA) is 148 Å². The minimum Gasteiger partial charge on any atom is -0.494 e. The van der Waals surface area contributed by atoms with Crippen molar-refractivity contribution in [2.75, 3.05) is 55.9 Å². The van der Waals surface area contributed by atoms with Gasteiger partial charge < -0.3 is 30.5 Å². The van der Waals surface area contributed by atoms with Crippen LogP contribution in [0.5, 0.6) is 5.75 Å². The van der Waals surface area contributed by atoms with Crippen molar-refractivity contribution in [1.82, 2.24) is 25.4 Å². The first kappa shape index (κ1) is 37.2. The summed E-state index contributed by atoms with van der Waals surface area (Å²) < 4.78 is 47.7. The molecule has 16 heteroatoms. The van der Waals surface area contributed by atoms with Crippen molar-refractivity contribution in [3.8, 4) is 5.75 Å². The van der Waals surface area contributed by atoms with E-state index in [9.17, 15) is 32.3 Å². The van der Waals surface area contributed by atoms with Gasteiger partial charge in [-0.2, -0.15) is 13.2 Å². The number of hydrogen-bond acceptors (Lipinski definition) is 10. The van der Waals surface area contributed by atoms with E-state index in [0.717, 1.165) is 49.2 Å². The van der Waals surface area contributed by atoms with E-state index < -0.39 is 29.6 Å². The van der Waals surface area contributed by atoms with Crippen molar-refractivity contribution in [3.05, 3.63) is 101 Å². The summed E-state index contributed by atoms with van der Waals surface area (Å²) in [5.41, 5.74) is 3.05. The number of nitrogens with zero attached hydrogens (tertiary/aromatic N) is 4. The third-order valence-electron chi connectivity index (χ3n) is 10.1. The fraction of sp³-hybridized carbons (Fsp3) is 0.308. The maximum Gasteiger partial charge on any atom is 0.419 e. The molecule has 1 atom stereocenters. The quantitative estimate of drug-likeness (QED) is 0.162. The highest BCUT2D eigenvalue weighted by molar-refractivity contribution is 6.05. The van der Waals surface area contributed by atoms with Crippen LogP contribution in [-0.4, -0.2) is 84.8 Å². The zero-order chi connectivity index (χ0) is 38.9. The highest BCUT2D eigenvalue weighted by atomic mass is 19.4. The van der Waals surface area contributed by atoms with Crippen molar-refractivity contribution in [3.63, 3.8) is 0 Å². The molecule has 0 aliphatic carbocycles. The number of methoxy groups -OCH3 is 1. The summed E-state index contributed by atoms with van der Waals surface area (Å²) in [7, 11) is 2.96. The predicted molar refractivity (Wildman–Crippen MR) is 199 cm³/mol. The lowest BCUT2D eigenvalue weighted by atomic mass is 10.0. The van der Waals surface area contributed by atoms with Gasteiger partial charge in [-0.05, 0) is 47.9 Å². The van der Waals surface area contributed by atoms with Crippen LogP contribution in [-0.2, 0) is 28.9 Å². The van der Waals surface area contributed by atoms with E-state index in [-0.39, 0.29) is 41.0 Å². The summed E-state index contributed by atoms with van der Waals surface area (Å²) >= 11 is 0. The molecule has 1 unspecified atom stereocenters. The van der Waals surface area contributed by atoms with E-state index in [0.29, 0.717) is 36.5 Å². The maximum absolute atomic E-state index is 14.0. The first-order chi connectivity index (χ1) is 26.4.